The van der Waals surface area contributed by atoms with Crippen LogP contribution in [0, 0.1) is 11.8 Å². The number of nitrogens with zero attached hydrogens (tertiary/aromatic N) is 1. The van der Waals surface area contributed by atoms with E-state index in [1.165, 1.54) is 0 Å². The molecule has 2 heterocycles. The van der Waals surface area contributed by atoms with E-state index in [0.717, 1.165) is 5.56 Å². The van der Waals surface area contributed by atoms with E-state index in [1.54, 1.807) is 17.0 Å². The van der Waals surface area contributed by atoms with E-state index in [9.17, 15) is 9.59 Å². The van der Waals surface area contributed by atoms with E-state index in [-0.39, 0.29) is 30.5 Å². The zero-order valence-corrected chi connectivity index (χ0v) is 14.9. The van der Waals surface area contributed by atoms with Gasteiger partial charge in [-0.1, -0.05) is 60.7 Å². The fourth-order valence-corrected chi connectivity index (χ4v) is 3.70. The molecule has 27 heavy (non-hydrogen) atoms. The number of esters is 1. The van der Waals surface area contributed by atoms with Crippen LogP contribution < -0.4 is 4.74 Å². The molecule has 0 aromatic heterocycles. The van der Waals surface area contributed by atoms with Gasteiger partial charge in [0, 0.05) is 6.54 Å². The van der Waals surface area contributed by atoms with Gasteiger partial charge in [-0.25, -0.2) is 4.79 Å². The van der Waals surface area contributed by atoms with Crippen LogP contribution in [0.3, 0.4) is 0 Å². The van der Waals surface area contributed by atoms with E-state index < -0.39 is 6.09 Å². The molecule has 2 aromatic rings. The molecule has 3 aliphatic rings. The van der Waals surface area contributed by atoms with Gasteiger partial charge in [-0.2, -0.15) is 0 Å². The molecule has 0 radical (unpaired) electrons. The van der Waals surface area contributed by atoms with Crippen molar-refractivity contribution in [2.24, 2.45) is 11.8 Å². The van der Waals surface area contributed by atoms with Crippen molar-refractivity contribution in [1.29, 1.82) is 0 Å². The first-order valence-corrected chi connectivity index (χ1v) is 9.13. The van der Waals surface area contributed by atoms with E-state index in [2.05, 4.69) is 6.08 Å². The molecule has 5 heteroatoms. The molecule has 1 amide bonds. The lowest BCUT2D eigenvalue weighted by atomic mass is 9.78. The number of fused-ring (bicyclic) bond motifs is 2. The molecule has 3 atom stereocenters. The third-order valence-electron chi connectivity index (χ3n) is 5.05. The van der Waals surface area contributed by atoms with Crippen LogP contribution in [0.15, 0.2) is 72.8 Å². The van der Waals surface area contributed by atoms with Crippen LogP contribution in [-0.4, -0.2) is 29.5 Å². The number of piperidine rings is 1. The smallest absolute Gasteiger partial charge is 0.415 e. The molecular weight excluding hydrogens is 342 g/mol. The monoisotopic (exact) mass is 363 g/mol. The first-order chi connectivity index (χ1) is 13.2. The van der Waals surface area contributed by atoms with Crippen molar-refractivity contribution in [3.8, 4) is 5.75 Å². The SMILES string of the molecule is O=C(OCc1ccccc1)[C@@H]1C[C@H]2C=C[C@@H]1N(C(=O)Oc1ccccc1)C2. The number of benzene rings is 2. The van der Waals surface area contributed by atoms with Gasteiger partial charge in [-0.15, -0.1) is 0 Å². The predicted octanol–water partition coefficient (Wildman–Crippen LogP) is 3.81. The van der Waals surface area contributed by atoms with Crippen LogP contribution in [0.5, 0.6) is 5.75 Å². The number of ether oxygens (including phenoxy) is 2. The summed E-state index contributed by atoms with van der Waals surface area (Å²) >= 11 is 0. The van der Waals surface area contributed by atoms with Crippen LogP contribution in [-0.2, 0) is 16.1 Å². The zero-order valence-electron chi connectivity index (χ0n) is 14.9. The highest BCUT2D eigenvalue weighted by molar-refractivity contribution is 5.78. The fraction of sp³-hybridized carbons (Fsp3) is 0.273. The second-order valence-electron chi connectivity index (χ2n) is 6.90. The van der Waals surface area contributed by atoms with Gasteiger partial charge in [0.05, 0.1) is 12.0 Å². The maximum atomic E-state index is 12.7. The Morgan fingerprint density at radius 1 is 0.963 bits per heavy atom. The van der Waals surface area contributed by atoms with Crippen molar-refractivity contribution >= 4 is 12.1 Å². The second kappa shape index (κ2) is 7.66. The summed E-state index contributed by atoms with van der Waals surface area (Å²) in [4.78, 5) is 26.9. The number of hydrogen-bond donors (Lipinski definition) is 0. The van der Waals surface area contributed by atoms with Crippen LogP contribution in [0.4, 0.5) is 4.79 Å². The summed E-state index contributed by atoms with van der Waals surface area (Å²) in [5.41, 5.74) is 0.947. The number of carbonyl (C=O) groups is 2. The van der Waals surface area contributed by atoms with E-state index in [0.29, 0.717) is 18.7 Å². The Morgan fingerprint density at radius 2 is 1.67 bits per heavy atom. The van der Waals surface area contributed by atoms with Crippen LogP contribution >= 0.6 is 0 Å². The summed E-state index contributed by atoms with van der Waals surface area (Å²) in [5.74, 6) is 0.0138. The van der Waals surface area contributed by atoms with Gasteiger partial charge in [-0.3, -0.25) is 9.69 Å². The summed E-state index contributed by atoms with van der Waals surface area (Å²) in [7, 11) is 0. The Hall–Kier alpha value is -3.08. The highest BCUT2D eigenvalue weighted by Crippen LogP contribution is 2.35. The third kappa shape index (κ3) is 3.87. The molecule has 2 aliphatic heterocycles. The number of rotatable bonds is 4. The molecule has 138 valence electrons. The topological polar surface area (TPSA) is 55.8 Å². The van der Waals surface area contributed by atoms with Gasteiger partial charge in [0.1, 0.15) is 12.4 Å². The molecule has 0 N–H and O–H groups in total. The fourth-order valence-electron chi connectivity index (χ4n) is 3.70. The van der Waals surface area contributed by atoms with E-state index in [1.807, 2.05) is 54.6 Å². The third-order valence-corrected chi connectivity index (χ3v) is 5.05. The Kier molecular flexibility index (Phi) is 4.92. The van der Waals surface area contributed by atoms with Crippen molar-refractivity contribution in [2.75, 3.05) is 6.54 Å². The highest BCUT2D eigenvalue weighted by atomic mass is 16.6. The molecule has 0 unspecified atom stereocenters. The van der Waals surface area contributed by atoms with Crippen LogP contribution in [0.2, 0.25) is 0 Å². The molecule has 0 saturated carbocycles. The average Bonchev–Trinajstić information content (AvgIpc) is 2.73. The number of amides is 1. The quantitative estimate of drug-likeness (QED) is 0.612. The van der Waals surface area contributed by atoms with Crippen LogP contribution in [0.25, 0.3) is 0 Å². The van der Waals surface area contributed by atoms with E-state index >= 15 is 0 Å². The standard InChI is InChI=1S/C22H21NO4/c24-21(26-15-16-7-3-1-4-8-16)19-13-17-11-12-20(19)23(14-17)22(25)27-18-9-5-2-6-10-18/h1-12,17,19-20H,13-15H2/t17-,19-,20+/m1/s1. The summed E-state index contributed by atoms with van der Waals surface area (Å²) < 4.78 is 11.0. The minimum absolute atomic E-state index is 0.146. The van der Waals surface area contributed by atoms with Gasteiger partial charge in [-0.05, 0) is 30.0 Å². The van der Waals surface area contributed by atoms with Gasteiger partial charge in [0.2, 0.25) is 0 Å². The molecule has 5 rings (SSSR count). The number of carbonyl (C=O) groups excluding carboxylic acids is 2. The summed E-state index contributed by atoms with van der Waals surface area (Å²) in [6, 6.07) is 18.2. The van der Waals surface area contributed by atoms with Gasteiger partial charge < -0.3 is 9.47 Å². The first kappa shape index (κ1) is 17.3. The Balaban J connectivity index is 1.42. The Morgan fingerprint density at radius 3 is 2.37 bits per heavy atom. The van der Waals surface area contributed by atoms with Gasteiger partial charge >= 0.3 is 12.1 Å². The Bertz CT molecular complexity index is 834. The average molecular weight is 363 g/mol. The minimum atomic E-state index is -0.430. The lowest BCUT2D eigenvalue weighted by Crippen LogP contribution is -2.55. The van der Waals surface area contributed by atoms with Crippen molar-refractivity contribution in [3.05, 3.63) is 78.4 Å². The first-order valence-electron chi connectivity index (χ1n) is 9.13. The molecule has 1 fully saturated rings. The molecule has 1 aliphatic carbocycles. The van der Waals surface area contributed by atoms with Gasteiger partial charge in [0.15, 0.2) is 0 Å². The van der Waals surface area contributed by atoms with Crippen molar-refractivity contribution in [2.45, 2.75) is 19.1 Å². The molecule has 2 bridgehead atoms. The summed E-state index contributed by atoms with van der Waals surface area (Å²) in [6.45, 7) is 0.807. The Labute approximate surface area is 158 Å². The lowest BCUT2D eigenvalue weighted by molar-refractivity contribution is -0.153. The molecule has 0 spiro atoms. The summed E-state index contributed by atoms with van der Waals surface area (Å²) in [6.07, 6.45) is 4.28. The number of hydrogen-bond acceptors (Lipinski definition) is 4. The molecule has 5 nitrogen and oxygen atoms in total. The maximum absolute atomic E-state index is 12.7. The molecule has 1 saturated heterocycles. The normalized spacial score (nSPS) is 23.1. The largest absolute Gasteiger partial charge is 0.461 e. The second-order valence-corrected chi connectivity index (χ2v) is 6.90. The van der Waals surface area contributed by atoms with Gasteiger partial charge in [0.25, 0.3) is 0 Å². The number of para-hydroxylation sites is 1. The van der Waals surface area contributed by atoms with E-state index in [4.69, 9.17) is 9.47 Å². The minimum Gasteiger partial charge on any atom is -0.461 e. The van der Waals surface area contributed by atoms with Crippen molar-refractivity contribution in [3.63, 3.8) is 0 Å². The molecule has 2 aromatic carbocycles. The van der Waals surface area contributed by atoms with Crippen molar-refractivity contribution in [1.82, 2.24) is 4.90 Å². The van der Waals surface area contributed by atoms with Crippen LogP contribution in [0.1, 0.15) is 12.0 Å². The zero-order chi connectivity index (χ0) is 18.6. The lowest BCUT2D eigenvalue weighted by Gasteiger charge is -2.44. The predicted molar refractivity (Wildman–Crippen MR) is 99.9 cm³/mol. The van der Waals surface area contributed by atoms with Crippen molar-refractivity contribution < 1.29 is 19.1 Å². The maximum Gasteiger partial charge on any atom is 0.415 e. The highest BCUT2D eigenvalue weighted by Gasteiger charge is 2.44. The summed E-state index contributed by atoms with van der Waals surface area (Å²) in [5, 5.41) is 0. The molecular formula is C22H21NO4.